The van der Waals surface area contributed by atoms with Gasteiger partial charge in [-0.2, -0.15) is 0 Å². The molecule has 0 fully saturated rings. The Balaban J connectivity index is 1.80. The number of fused-ring (bicyclic) bond motifs is 1. The molecule has 6 heteroatoms. The number of hydrogen-bond acceptors (Lipinski definition) is 4. The monoisotopic (exact) mass is 329 g/mol. The van der Waals surface area contributed by atoms with Crippen molar-refractivity contribution < 1.29 is 18.7 Å². The normalized spacial score (nSPS) is 10.5. The van der Waals surface area contributed by atoms with Crippen LogP contribution >= 0.6 is 11.3 Å². The highest BCUT2D eigenvalue weighted by atomic mass is 32.1. The molecule has 0 aliphatic heterocycles. The Bertz CT molecular complexity index is 886. The van der Waals surface area contributed by atoms with Crippen LogP contribution in [0, 0.1) is 5.82 Å². The minimum atomic E-state index is -0.565. The third kappa shape index (κ3) is 3.22. The van der Waals surface area contributed by atoms with E-state index in [1.165, 1.54) is 35.6 Å². The predicted molar refractivity (Wildman–Crippen MR) is 86.6 cm³/mol. The lowest BCUT2D eigenvalue weighted by atomic mass is 10.2. The zero-order valence-electron chi connectivity index (χ0n) is 12.1. The molecule has 0 atom stereocenters. The SMILES string of the molecule is COc1ccc2sc(C(=O)NC(=O)c3ccc(F)cc3)cc2c1. The number of rotatable bonds is 3. The van der Waals surface area contributed by atoms with Gasteiger partial charge >= 0.3 is 0 Å². The molecule has 0 bridgehead atoms. The molecule has 1 N–H and O–H groups in total. The molecule has 0 radical (unpaired) electrons. The van der Waals surface area contributed by atoms with Crippen LogP contribution in [0.3, 0.4) is 0 Å². The van der Waals surface area contributed by atoms with E-state index in [4.69, 9.17) is 4.74 Å². The van der Waals surface area contributed by atoms with Crippen molar-refractivity contribution in [2.24, 2.45) is 0 Å². The summed E-state index contributed by atoms with van der Waals surface area (Å²) in [5.74, 6) is -0.791. The molecule has 3 rings (SSSR count). The zero-order valence-corrected chi connectivity index (χ0v) is 12.9. The third-order valence-electron chi connectivity index (χ3n) is 3.28. The molecule has 0 saturated carbocycles. The van der Waals surface area contributed by atoms with E-state index in [-0.39, 0.29) is 5.56 Å². The first kappa shape index (κ1) is 15.2. The third-order valence-corrected chi connectivity index (χ3v) is 4.40. The van der Waals surface area contributed by atoms with E-state index in [0.29, 0.717) is 10.6 Å². The molecule has 3 aromatic rings. The molecule has 2 aromatic carbocycles. The summed E-state index contributed by atoms with van der Waals surface area (Å²) in [5.41, 5.74) is 0.225. The summed E-state index contributed by atoms with van der Waals surface area (Å²) in [5, 5.41) is 3.17. The summed E-state index contributed by atoms with van der Waals surface area (Å²) in [6.45, 7) is 0. The summed E-state index contributed by atoms with van der Waals surface area (Å²) in [6, 6.07) is 12.2. The first-order valence-electron chi connectivity index (χ1n) is 6.75. The van der Waals surface area contributed by atoms with Gasteiger partial charge in [0.15, 0.2) is 0 Å². The van der Waals surface area contributed by atoms with Crippen LogP contribution in [0.2, 0.25) is 0 Å². The fourth-order valence-corrected chi connectivity index (χ4v) is 3.04. The topological polar surface area (TPSA) is 55.4 Å². The van der Waals surface area contributed by atoms with Crippen LogP contribution in [0.15, 0.2) is 48.5 Å². The Labute approximate surface area is 135 Å². The van der Waals surface area contributed by atoms with Crippen molar-refractivity contribution in [3.05, 3.63) is 64.8 Å². The van der Waals surface area contributed by atoms with Crippen LogP contribution in [-0.4, -0.2) is 18.9 Å². The highest BCUT2D eigenvalue weighted by molar-refractivity contribution is 7.20. The van der Waals surface area contributed by atoms with Gasteiger partial charge in [0.25, 0.3) is 11.8 Å². The maximum absolute atomic E-state index is 12.9. The fraction of sp³-hybridized carbons (Fsp3) is 0.0588. The number of amides is 2. The van der Waals surface area contributed by atoms with E-state index < -0.39 is 17.6 Å². The smallest absolute Gasteiger partial charge is 0.268 e. The lowest BCUT2D eigenvalue weighted by molar-refractivity contribution is 0.0851. The Kier molecular flexibility index (Phi) is 4.08. The fourth-order valence-electron chi connectivity index (χ4n) is 2.10. The van der Waals surface area contributed by atoms with Gasteiger partial charge in [-0.1, -0.05) is 0 Å². The quantitative estimate of drug-likeness (QED) is 0.747. The molecule has 116 valence electrons. The summed E-state index contributed by atoms with van der Waals surface area (Å²) < 4.78 is 18.9. The number of benzene rings is 2. The van der Waals surface area contributed by atoms with Gasteiger partial charge in [-0.15, -0.1) is 11.3 Å². The summed E-state index contributed by atoms with van der Waals surface area (Å²) in [7, 11) is 1.57. The number of carbonyl (C=O) groups excluding carboxylic acids is 2. The second-order valence-corrected chi connectivity index (χ2v) is 5.89. The minimum Gasteiger partial charge on any atom is -0.497 e. The van der Waals surface area contributed by atoms with E-state index in [1.54, 1.807) is 13.2 Å². The number of ether oxygens (including phenoxy) is 1. The lowest BCUT2D eigenvalue weighted by Crippen LogP contribution is -2.29. The van der Waals surface area contributed by atoms with Gasteiger partial charge in [-0.25, -0.2) is 4.39 Å². The number of methoxy groups -OCH3 is 1. The molecule has 0 spiro atoms. The second-order valence-electron chi connectivity index (χ2n) is 4.80. The Morgan fingerprint density at radius 3 is 2.48 bits per heavy atom. The molecule has 0 aliphatic rings. The number of nitrogens with one attached hydrogen (secondary N) is 1. The average Bonchev–Trinajstić information content (AvgIpc) is 2.98. The maximum atomic E-state index is 12.9. The van der Waals surface area contributed by atoms with Crippen LogP contribution in [0.1, 0.15) is 20.0 Å². The van der Waals surface area contributed by atoms with Crippen LogP contribution in [0.25, 0.3) is 10.1 Å². The Morgan fingerprint density at radius 2 is 1.78 bits per heavy atom. The van der Waals surface area contributed by atoms with Crippen LogP contribution in [-0.2, 0) is 0 Å². The molecule has 0 aliphatic carbocycles. The Morgan fingerprint density at radius 1 is 1.04 bits per heavy atom. The number of thiophene rings is 1. The van der Waals surface area contributed by atoms with Gasteiger partial charge in [-0.05, 0) is 53.9 Å². The maximum Gasteiger partial charge on any atom is 0.268 e. The molecule has 0 unspecified atom stereocenters. The molecule has 2 amide bonds. The number of hydrogen-bond donors (Lipinski definition) is 1. The summed E-state index contributed by atoms with van der Waals surface area (Å²) >= 11 is 1.28. The molecule has 23 heavy (non-hydrogen) atoms. The van der Waals surface area contributed by atoms with Crippen molar-refractivity contribution in [2.75, 3.05) is 7.11 Å². The van der Waals surface area contributed by atoms with Gasteiger partial charge in [0.05, 0.1) is 12.0 Å². The molecule has 4 nitrogen and oxygen atoms in total. The van der Waals surface area contributed by atoms with Crippen LogP contribution in [0.4, 0.5) is 4.39 Å². The lowest BCUT2D eigenvalue weighted by Gasteiger charge is -2.02. The standard InChI is InChI=1S/C17H12FNO3S/c1-22-13-6-7-14-11(8-13)9-15(23-14)17(21)19-16(20)10-2-4-12(18)5-3-10/h2-9H,1H3,(H,19,20,21). The van der Waals surface area contributed by atoms with Crippen molar-refractivity contribution in [3.63, 3.8) is 0 Å². The molecular weight excluding hydrogens is 317 g/mol. The van der Waals surface area contributed by atoms with Crippen LogP contribution in [0.5, 0.6) is 5.75 Å². The van der Waals surface area contributed by atoms with Gasteiger partial charge in [0.1, 0.15) is 11.6 Å². The highest BCUT2D eigenvalue weighted by Gasteiger charge is 2.15. The molecule has 0 saturated heterocycles. The van der Waals surface area contributed by atoms with Gasteiger partial charge in [-0.3, -0.25) is 14.9 Å². The molecule has 1 heterocycles. The van der Waals surface area contributed by atoms with Crippen molar-refractivity contribution in [3.8, 4) is 5.75 Å². The summed E-state index contributed by atoms with van der Waals surface area (Å²) in [6.07, 6.45) is 0. The van der Waals surface area contributed by atoms with Crippen molar-refractivity contribution >= 4 is 33.2 Å². The number of carbonyl (C=O) groups is 2. The van der Waals surface area contributed by atoms with E-state index in [9.17, 15) is 14.0 Å². The van der Waals surface area contributed by atoms with E-state index in [0.717, 1.165) is 10.1 Å². The van der Waals surface area contributed by atoms with E-state index in [2.05, 4.69) is 5.32 Å². The van der Waals surface area contributed by atoms with E-state index in [1.807, 2.05) is 18.2 Å². The van der Waals surface area contributed by atoms with Crippen molar-refractivity contribution in [2.45, 2.75) is 0 Å². The number of halogens is 1. The van der Waals surface area contributed by atoms with Crippen LogP contribution < -0.4 is 10.1 Å². The largest absolute Gasteiger partial charge is 0.497 e. The first-order chi connectivity index (χ1) is 11.1. The summed E-state index contributed by atoms with van der Waals surface area (Å²) in [4.78, 5) is 24.6. The second kappa shape index (κ2) is 6.18. The van der Waals surface area contributed by atoms with Crippen molar-refractivity contribution in [1.82, 2.24) is 5.32 Å². The first-order valence-corrected chi connectivity index (χ1v) is 7.57. The minimum absolute atomic E-state index is 0.225. The van der Waals surface area contributed by atoms with E-state index >= 15 is 0 Å². The van der Waals surface area contributed by atoms with Gasteiger partial charge in [0, 0.05) is 10.3 Å². The van der Waals surface area contributed by atoms with Gasteiger partial charge in [0.2, 0.25) is 0 Å². The van der Waals surface area contributed by atoms with Gasteiger partial charge < -0.3 is 4.74 Å². The number of imide groups is 1. The molecule has 1 aromatic heterocycles. The van der Waals surface area contributed by atoms with Crippen molar-refractivity contribution in [1.29, 1.82) is 0 Å². The highest BCUT2D eigenvalue weighted by Crippen LogP contribution is 2.28. The Hall–Kier alpha value is -2.73. The predicted octanol–water partition coefficient (Wildman–Crippen LogP) is 3.62. The average molecular weight is 329 g/mol. The zero-order chi connectivity index (χ0) is 16.4. The molecular formula is C17H12FNO3S.